The molecule has 1 aromatic rings. The molecule has 0 saturated carbocycles. The van der Waals surface area contributed by atoms with Crippen molar-refractivity contribution in [3.63, 3.8) is 0 Å². The van der Waals surface area contributed by atoms with Crippen LogP contribution < -0.4 is 0 Å². The molecule has 0 aromatic heterocycles. The van der Waals surface area contributed by atoms with Crippen molar-refractivity contribution in [2.75, 3.05) is 0 Å². The number of rotatable bonds is 4. The van der Waals surface area contributed by atoms with E-state index in [4.69, 9.17) is 0 Å². The summed E-state index contributed by atoms with van der Waals surface area (Å²) < 4.78 is 0. The Morgan fingerprint density at radius 1 is 1.33 bits per heavy atom. The van der Waals surface area contributed by atoms with Crippen LogP contribution in [0.15, 0.2) is 30.3 Å². The van der Waals surface area contributed by atoms with Crippen LogP contribution in [0, 0.1) is 0 Å². The lowest BCUT2D eigenvalue weighted by atomic mass is 10.2. The van der Waals surface area contributed by atoms with Gasteiger partial charge in [0.15, 0.2) is 0 Å². The van der Waals surface area contributed by atoms with Crippen LogP contribution in [0.5, 0.6) is 0 Å². The molecule has 0 radical (unpaired) electrons. The number of aliphatic hydroxyl groups excluding tert-OH is 1. The summed E-state index contributed by atoms with van der Waals surface area (Å²) in [5.41, 5.74) is 1.33. The zero-order chi connectivity index (χ0) is 10.8. The highest BCUT2D eigenvalue weighted by Crippen LogP contribution is 2.33. The van der Waals surface area contributed by atoms with Gasteiger partial charge in [0, 0.05) is 12.6 Å². The molecule has 1 aliphatic rings. The van der Waals surface area contributed by atoms with Gasteiger partial charge < -0.3 is 5.11 Å². The maximum absolute atomic E-state index is 9.77. The summed E-state index contributed by atoms with van der Waals surface area (Å²) in [4.78, 5) is 2.35. The first-order valence-electron chi connectivity index (χ1n) is 5.71. The first kappa shape index (κ1) is 10.7. The van der Waals surface area contributed by atoms with E-state index < -0.39 is 0 Å². The molecule has 15 heavy (non-hydrogen) atoms. The summed E-state index contributed by atoms with van der Waals surface area (Å²) in [6, 6.07) is 11.3. The number of nitrogens with zero attached hydrogens (tertiary/aromatic N) is 1. The Kier molecular flexibility index (Phi) is 3.08. The third-order valence-electron chi connectivity index (χ3n) is 3.33. The molecule has 1 heterocycles. The van der Waals surface area contributed by atoms with E-state index in [0.717, 1.165) is 13.0 Å². The van der Waals surface area contributed by atoms with E-state index in [-0.39, 0.29) is 6.10 Å². The Morgan fingerprint density at radius 2 is 2.00 bits per heavy atom. The Morgan fingerprint density at radius 3 is 2.60 bits per heavy atom. The minimum Gasteiger partial charge on any atom is -0.391 e. The zero-order valence-electron chi connectivity index (χ0n) is 9.43. The second-order valence-corrected chi connectivity index (χ2v) is 4.36. The smallest absolute Gasteiger partial charge is 0.0708 e. The van der Waals surface area contributed by atoms with Crippen LogP contribution in [0.4, 0.5) is 0 Å². The van der Waals surface area contributed by atoms with E-state index in [1.807, 2.05) is 13.0 Å². The van der Waals surface area contributed by atoms with Gasteiger partial charge in [0.1, 0.15) is 0 Å². The van der Waals surface area contributed by atoms with Crippen molar-refractivity contribution in [1.29, 1.82) is 0 Å². The molecule has 0 spiro atoms. The molecule has 1 saturated heterocycles. The topological polar surface area (TPSA) is 23.2 Å². The predicted octanol–water partition coefficient (Wildman–Crippen LogP) is 2.03. The molecule has 82 valence electrons. The largest absolute Gasteiger partial charge is 0.391 e. The summed E-state index contributed by atoms with van der Waals surface area (Å²) in [7, 11) is 0. The van der Waals surface area contributed by atoms with Gasteiger partial charge in [0.2, 0.25) is 0 Å². The lowest BCUT2D eigenvalue weighted by Crippen LogP contribution is -2.18. The Balaban J connectivity index is 1.93. The summed E-state index contributed by atoms with van der Waals surface area (Å²) in [5.74, 6) is 0. The number of hydrogen-bond acceptors (Lipinski definition) is 2. The fourth-order valence-electron chi connectivity index (χ4n) is 2.26. The monoisotopic (exact) mass is 205 g/mol. The molecule has 0 bridgehead atoms. The minimum atomic E-state index is -0.163. The first-order chi connectivity index (χ1) is 7.24. The Bertz CT molecular complexity index is 312. The first-order valence-corrected chi connectivity index (χ1v) is 5.71. The van der Waals surface area contributed by atoms with Gasteiger partial charge in [-0.1, -0.05) is 37.3 Å². The fourth-order valence-corrected chi connectivity index (χ4v) is 2.26. The highest BCUT2D eigenvalue weighted by Gasteiger charge is 2.47. The molecule has 0 amide bonds. The van der Waals surface area contributed by atoms with Crippen LogP contribution in [0.1, 0.15) is 25.8 Å². The molecule has 1 unspecified atom stereocenters. The maximum atomic E-state index is 9.77. The van der Waals surface area contributed by atoms with E-state index in [0.29, 0.717) is 12.1 Å². The standard InChI is InChI=1S/C13H19NO/c1-3-12(15)13-10(2)14(13)9-11-7-5-4-6-8-11/h4-8,10,12-13,15H,3,9H2,1-2H3/t10-,12+,13-,14?/m0/s1. The quantitative estimate of drug-likeness (QED) is 0.760. The average Bonchev–Trinajstić information content (AvgIpc) is 2.89. The predicted molar refractivity (Wildman–Crippen MR) is 61.5 cm³/mol. The van der Waals surface area contributed by atoms with Gasteiger partial charge in [-0.15, -0.1) is 0 Å². The molecular weight excluding hydrogens is 186 g/mol. The Labute approximate surface area is 91.5 Å². The second-order valence-electron chi connectivity index (χ2n) is 4.36. The van der Waals surface area contributed by atoms with Gasteiger partial charge in [0.05, 0.1) is 12.1 Å². The van der Waals surface area contributed by atoms with E-state index in [9.17, 15) is 5.11 Å². The summed E-state index contributed by atoms with van der Waals surface area (Å²) >= 11 is 0. The fraction of sp³-hybridized carbons (Fsp3) is 0.538. The second kappa shape index (κ2) is 4.33. The molecule has 0 aliphatic carbocycles. The minimum absolute atomic E-state index is 0.163. The van der Waals surface area contributed by atoms with Gasteiger partial charge in [-0.25, -0.2) is 0 Å². The van der Waals surface area contributed by atoms with Crippen LogP contribution in [0.3, 0.4) is 0 Å². The molecule has 1 aromatic carbocycles. The normalized spacial score (nSPS) is 31.3. The van der Waals surface area contributed by atoms with Gasteiger partial charge in [-0.05, 0) is 18.9 Å². The highest BCUT2D eigenvalue weighted by molar-refractivity contribution is 5.17. The third kappa shape index (κ3) is 2.21. The van der Waals surface area contributed by atoms with Gasteiger partial charge in [0.25, 0.3) is 0 Å². The van der Waals surface area contributed by atoms with Crippen molar-refractivity contribution < 1.29 is 5.11 Å². The van der Waals surface area contributed by atoms with Crippen LogP contribution in [-0.2, 0) is 6.54 Å². The van der Waals surface area contributed by atoms with E-state index in [1.54, 1.807) is 0 Å². The molecular formula is C13H19NO. The molecule has 2 nitrogen and oxygen atoms in total. The van der Waals surface area contributed by atoms with Crippen molar-refractivity contribution in [2.45, 2.75) is 45.0 Å². The van der Waals surface area contributed by atoms with Gasteiger partial charge in [-0.2, -0.15) is 0 Å². The molecule has 1 fully saturated rings. The number of hydrogen-bond donors (Lipinski definition) is 1. The summed E-state index contributed by atoms with van der Waals surface area (Å²) in [6.07, 6.45) is 0.684. The van der Waals surface area contributed by atoms with E-state index in [1.165, 1.54) is 5.56 Å². The van der Waals surface area contributed by atoms with Crippen LogP contribution in [0.25, 0.3) is 0 Å². The van der Waals surface area contributed by atoms with Crippen LogP contribution in [-0.4, -0.2) is 28.2 Å². The van der Waals surface area contributed by atoms with Gasteiger partial charge in [-0.3, -0.25) is 4.90 Å². The lowest BCUT2D eigenvalue weighted by Gasteiger charge is -2.07. The number of benzene rings is 1. The average molecular weight is 205 g/mol. The zero-order valence-corrected chi connectivity index (χ0v) is 9.43. The maximum Gasteiger partial charge on any atom is 0.0708 e. The molecule has 1 N–H and O–H groups in total. The molecule has 4 atom stereocenters. The highest BCUT2D eigenvalue weighted by atomic mass is 16.3. The van der Waals surface area contributed by atoms with Crippen molar-refractivity contribution in [1.82, 2.24) is 4.90 Å². The van der Waals surface area contributed by atoms with Crippen LogP contribution >= 0.6 is 0 Å². The molecule has 2 heteroatoms. The van der Waals surface area contributed by atoms with Crippen molar-refractivity contribution in [2.24, 2.45) is 0 Å². The van der Waals surface area contributed by atoms with Crippen molar-refractivity contribution in [3.8, 4) is 0 Å². The summed E-state index contributed by atoms with van der Waals surface area (Å²) in [6.45, 7) is 5.19. The summed E-state index contributed by atoms with van der Waals surface area (Å²) in [5, 5.41) is 9.77. The SMILES string of the molecule is CC[C@@H](O)[C@@H]1[C@H](C)N1Cc1ccccc1. The molecule has 1 aliphatic heterocycles. The van der Waals surface area contributed by atoms with Crippen molar-refractivity contribution in [3.05, 3.63) is 35.9 Å². The van der Waals surface area contributed by atoms with E-state index >= 15 is 0 Å². The van der Waals surface area contributed by atoms with Crippen LogP contribution in [0.2, 0.25) is 0 Å². The van der Waals surface area contributed by atoms with E-state index in [2.05, 4.69) is 36.1 Å². The Hall–Kier alpha value is -0.860. The third-order valence-corrected chi connectivity index (χ3v) is 3.33. The van der Waals surface area contributed by atoms with Crippen molar-refractivity contribution >= 4 is 0 Å². The number of aliphatic hydroxyl groups is 1. The lowest BCUT2D eigenvalue weighted by molar-refractivity contribution is 0.150. The van der Waals surface area contributed by atoms with Gasteiger partial charge >= 0.3 is 0 Å². The molecule has 2 rings (SSSR count).